The molecule has 12 heteroatoms. The average Bonchev–Trinajstić information content (AvgIpc) is 3.66. The standard InChI is InChI=1S/C33H36N4O8/c1-18-29(36-45-35-18)31(39)34-19(2)30(22-9-7-21(8-10-22)20-5-6-20)44-25-11-12-26(33(41)42)27(15-25)23-4-3-13-37(16-23)32(40)24-14-28(38)43-17-24/h7-12,15,19-20,23-24,30H,3-6,13-14,16-17H2,1-2H3,(H,34,39)(H,41,42)/t19-,23+,24+,30-/m0/s1. The van der Waals surface area contributed by atoms with Gasteiger partial charge in [0.1, 0.15) is 24.2 Å². The van der Waals surface area contributed by atoms with Gasteiger partial charge in [-0.25, -0.2) is 9.42 Å². The lowest BCUT2D eigenvalue weighted by Crippen LogP contribution is -2.42. The summed E-state index contributed by atoms with van der Waals surface area (Å²) in [5, 5.41) is 20.4. The zero-order chi connectivity index (χ0) is 31.7. The summed E-state index contributed by atoms with van der Waals surface area (Å²) >= 11 is 0. The fraction of sp³-hybridized carbons (Fsp3) is 0.455. The Bertz CT molecular complexity index is 1600. The van der Waals surface area contributed by atoms with Crippen molar-refractivity contribution in [1.29, 1.82) is 0 Å². The molecule has 3 fully saturated rings. The first-order chi connectivity index (χ1) is 21.7. The quantitative estimate of drug-likeness (QED) is 0.317. The van der Waals surface area contributed by atoms with Crippen LogP contribution >= 0.6 is 0 Å². The number of carbonyl (C=O) groups excluding carboxylic acids is 3. The Morgan fingerprint density at radius 2 is 1.84 bits per heavy atom. The molecule has 0 radical (unpaired) electrons. The Kier molecular flexibility index (Phi) is 8.55. The van der Waals surface area contributed by atoms with E-state index in [-0.39, 0.29) is 42.1 Å². The number of carbonyl (C=O) groups is 4. The van der Waals surface area contributed by atoms with E-state index in [0.717, 1.165) is 5.56 Å². The van der Waals surface area contributed by atoms with E-state index in [4.69, 9.17) is 14.1 Å². The predicted molar refractivity (Wildman–Crippen MR) is 159 cm³/mol. The number of nitrogens with zero attached hydrogens (tertiary/aromatic N) is 3. The lowest BCUT2D eigenvalue weighted by molar-refractivity contribution is -0.138. The van der Waals surface area contributed by atoms with Crippen molar-refractivity contribution < 1.29 is 38.4 Å². The van der Waals surface area contributed by atoms with Crippen molar-refractivity contribution in [1.82, 2.24) is 20.5 Å². The molecule has 1 aliphatic carbocycles. The molecule has 236 valence electrons. The Balaban J connectivity index is 1.26. The summed E-state index contributed by atoms with van der Waals surface area (Å²) in [6.07, 6.45) is 3.16. The molecule has 1 aromatic heterocycles. The second kappa shape index (κ2) is 12.7. The third-order valence-electron chi connectivity index (χ3n) is 8.89. The number of aromatic carboxylic acids is 1. The smallest absolute Gasteiger partial charge is 0.335 e. The lowest BCUT2D eigenvalue weighted by atomic mass is 9.86. The van der Waals surface area contributed by atoms with Crippen LogP contribution in [0.4, 0.5) is 0 Å². The van der Waals surface area contributed by atoms with Crippen LogP contribution in [0.5, 0.6) is 5.75 Å². The monoisotopic (exact) mass is 616 g/mol. The van der Waals surface area contributed by atoms with Crippen LogP contribution in [0.3, 0.4) is 0 Å². The van der Waals surface area contributed by atoms with Gasteiger partial charge in [-0.2, -0.15) is 0 Å². The third kappa shape index (κ3) is 6.69. The van der Waals surface area contributed by atoms with Crippen LogP contribution in [-0.4, -0.2) is 69.8 Å². The van der Waals surface area contributed by atoms with Gasteiger partial charge in [0.05, 0.1) is 23.9 Å². The number of amides is 2. The van der Waals surface area contributed by atoms with Gasteiger partial charge in [0, 0.05) is 19.0 Å². The molecule has 0 unspecified atom stereocenters. The summed E-state index contributed by atoms with van der Waals surface area (Å²) < 4.78 is 16.3. The molecule has 2 aromatic carbocycles. The Morgan fingerprint density at radius 3 is 2.49 bits per heavy atom. The van der Waals surface area contributed by atoms with E-state index in [1.165, 1.54) is 24.5 Å². The van der Waals surface area contributed by atoms with Gasteiger partial charge >= 0.3 is 11.9 Å². The highest BCUT2D eigenvalue weighted by atomic mass is 16.6. The number of carboxylic acid groups (broad SMARTS) is 1. The number of hydrogen-bond acceptors (Lipinski definition) is 9. The molecule has 3 heterocycles. The van der Waals surface area contributed by atoms with Crippen LogP contribution in [0.2, 0.25) is 0 Å². The van der Waals surface area contributed by atoms with E-state index < -0.39 is 29.9 Å². The molecule has 2 amide bonds. The van der Waals surface area contributed by atoms with Gasteiger partial charge in [-0.3, -0.25) is 14.4 Å². The molecule has 0 bridgehead atoms. The average molecular weight is 617 g/mol. The fourth-order valence-electron chi connectivity index (χ4n) is 6.28. The van der Waals surface area contributed by atoms with Crippen LogP contribution in [0.25, 0.3) is 0 Å². The second-order valence-corrected chi connectivity index (χ2v) is 12.2. The first-order valence-corrected chi connectivity index (χ1v) is 15.4. The number of nitrogens with one attached hydrogen (secondary N) is 1. The summed E-state index contributed by atoms with van der Waals surface area (Å²) in [5.74, 6) is -1.79. The van der Waals surface area contributed by atoms with Gasteiger partial charge in [-0.15, -0.1) is 0 Å². The number of cyclic esters (lactones) is 1. The molecule has 3 aliphatic rings. The molecule has 6 rings (SSSR count). The molecule has 3 aromatic rings. The van der Waals surface area contributed by atoms with Crippen molar-refractivity contribution in [2.45, 2.75) is 69.9 Å². The summed E-state index contributed by atoms with van der Waals surface area (Å²) in [5.41, 5.74) is 3.27. The van der Waals surface area contributed by atoms with E-state index in [0.29, 0.717) is 48.9 Å². The van der Waals surface area contributed by atoms with Crippen molar-refractivity contribution in [3.8, 4) is 5.75 Å². The SMILES string of the molecule is Cc1nonc1C(=O)N[C@@H](C)[C@H](Oc1ccc(C(=O)O)c([C@@H]2CCCN(C(=O)[C@H]3COC(=O)C3)C2)c1)c1ccc(C2CC2)cc1. The zero-order valence-corrected chi connectivity index (χ0v) is 25.2. The summed E-state index contributed by atoms with van der Waals surface area (Å²) in [4.78, 5) is 51.8. The van der Waals surface area contributed by atoms with Crippen LogP contribution in [0.15, 0.2) is 47.1 Å². The van der Waals surface area contributed by atoms with Crippen molar-refractivity contribution in [3.05, 3.63) is 76.1 Å². The summed E-state index contributed by atoms with van der Waals surface area (Å²) in [6.45, 7) is 4.40. The zero-order valence-electron chi connectivity index (χ0n) is 25.2. The molecule has 2 aliphatic heterocycles. The number of likely N-dealkylation sites (tertiary alicyclic amines) is 1. The molecule has 12 nitrogen and oxygen atoms in total. The minimum absolute atomic E-state index is 0.0637. The Labute approximate surface area is 260 Å². The summed E-state index contributed by atoms with van der Waals surface area (Å²) in [6, 6.07) is 12.5. The highest BCUT2D eigenvalue weighted by Gasteiger charge is 2.36. The number of rotatable bonds is 10. The Hall–Kier alpha value is -4.74. The van der Waals surface area contributed by atoms with Crippen LogP contribution in [0.1, 0.15) is 100 Å². The molecular weight excluding hydrogens is 580 g/mol. The predicted octanol–water partition coefficient (Wildman–Crippen LogP) is 4.16. The highest BCUT2D eigenvalue weighted by molar-refractivity contribution is 5.93. The number of piperidine rings is 1. The number of benzene rings is 2. The highest BCUT2D eigenvalue weighted by Crippen LogP contribution is 2.41. The van der Waals surface area contributed by atoms with E-state index in [1.54, 1.807) is 24.0 Å². The van der Waals surface area contributed by atoms with Gasteiger partial charge in [-0.05, 0) is 85.5 Å². The fourth-order valence-corrected chi connectivity index (χ4v) is 6.28. The van der Waals surface area contributed by atoms with Crippen LogP contribution in [0, 0.1) is 12.8 Å². The second-order valence-electron chi connectivity index (χ2n) is 12.2. The largest absolute Gasteiger partial charge is 0.484 e. The van der Waals surface area contributed by atoms with Gasteiger partial charge in [0.25, 0.3) is 5.91 Å². The molecule has 2 N–H and O–H groups in total. The molecular formula is C33H36N4O8. The molecule has 4 atom stereocenters. The number of ether oxygens (including phenoxy) is 2. The maximum absolute atomic E-state index is 13.2. The molecule has 45 heavy (non-hydrogen) atoms. The van der Waals surface area contributed by atoms with Crippen molar-refractivity contribution in [3.63, 3.8) is 0 Å². The van der Waals surface area contributed by atoms with Gasteiger partial charge in [0.15, 0.2) is 5.69 Å². The number of aryl methyl sites for hydroxylation is 1. The normalized spacial score (nSPS) is 21.1. The lowest BCUT2D eigenvalue weighted by Gasteiger charge is -2.35. The summed E-state index contributed by atoms with van der Waals surface area (Å²) in [7, 11) is 0. The van der Waals surface area contributed by atoms with Crippen molar-refractivity contribution in [2.24, 2.45) is 5.92 Å². The maximum Gasteiger partial charge on any atom is 0.335 e. The third-order valence-corrected chi connectivity index (χ3v) is 8.89. The van der Waals surface area contributed by atoms with Gasteiger partial charge < -0.3 is 24.8 Å². The van der Waals surface area contributed by atoms with Gasteiger partial charge in [0.2, 0.25) is 5.91 Å². The molecule has 2 saturated heterocycles. The van der Waals surface area contributed by atoms with Crippen molar-refractivity contribution in [2.75, 3.05) is 19.7 Å². The van der Waals surface area contributed by atoms with Crippen LogP contribution < -0.4 is 10.1 Å². The number of carboxylic acids is 1. The minimum atomic E-state index is -1.07. The first-order valence-electron chi connectivity index (χ1n) is 15.4. The first kappa shape index (κ1) is 30.3. The number of aromatic nitrogens is 2. The molecule has 1 saturated carbocycles. The van der Waals surface area contributed by atoms with E-state index in [1.807, 2.05) is 19.1 Å². The van der Waals surface area contributed by atoms with Gasteiger partial charge in [-0.1, -0.05) is 29.4 Å². The maximum atomic E-state index is 13.2. The van der Waals surface area contributed by atoms with E-state index in [9.17, 15) is 24.3 Å². The minimum Gasteiger partial charge on any atom is -0.484 e. The van der Waals surface area contributed by atoms with Crippen molar-refractivity contribution >= 4 is 23.8 Å². The van der Waals surface area contributed by atoms with Crippen LogP contribution in [-0.2, 0) is 14.3 Å². The van der Waals surface area contributed by atoms with E-state index >= 15 is 0 Å². The molecule has 0 spiro atoms. The van der Waals surface area contributed by atoms with E-state index in [2.05, 4.69) is 27.8 Å². The Morgan fingerprint density at radius 1 is 1.07 bits per heavy atom. The topological polar surface area (TPSA) is 161 Å². The number of hydrogen-bond donors (Lipinski definition) is 2. The number of esters is 1.